The molecule has 4 aromatic carbocycles. The molecule has 0 N–H and O–H groups in total. The molecule has 0 heterocycles. The Balaban J connectivity index is 0.913. The summed E-state index contributed by atoms with van der Waals surface area (Å²) < 4.78 is 0. The van der Waals surface area contributed by atoms with Crippen molar-refractivity contribution in [2.24, 2.45) is 0 Å². The molecule has 4 aromatic rings. The van der Waals surface area contributed by atoms with Crippen LogP contribution >= 0.6 is 15.8 Å². The number of unbranched alkanes of at least 4 members (excludes halogenated alkanes) is 17. The minimum Gasteiger partial charge on any atom is -0.0622 e. The first-order valence-electron chi connectivity index (χ1n) is 18.7. The Morgan fingerprint density at radius 1 is 0.217 bits per heavy atom. The molecule has 0 saturated carbocycles. The van der Waals surface area contributed by atoms with Gasteiger partial charge >= 0.3 is 0 Å². The number of hydrogen-bond donors (Lipinski definition) is 0. The highest BCUT2D eigenvalue weighted by Gasteiger charge is 2.13. The summed E-state index contributed by atoms with van der Waals surface area (Å²) in [5, 5.41) is 6.12. The van der Waals surface area contributed by atoms with E-state index in [1.807, 2.05) is 0 Å². The van der Waals surface area contributed by atoms with Gasteiger partial charge in [-0.3, -0.25) is 0 Å². The Kier molecular flexibility index (Phi) is 19.1. The van der Waals surface area contributed by atoms with Crippen molar-refractivity contribution in [1.82, 2.24) is 0 Å². The third-order valence-corrected chi connectivity index (χ3v) is 14.5. The smallest absolute Gasteiger partial charge is 0.0195 e. The van der Waals surface area contributed by atoms with Gasteiger partial charge in [0.25, 0.3) is 0 Å². The maximum atomic E-state index is 2.33. The van der Waals surface area contributed by atoms with Crippen LogP contribution in [0.25, 0.3) is 0 Å². The molecule has 0 aromatic heterocycles. The van der Waals surface area contributed by atoms with Gasteiger partial charge in [0.1, 0.15) is 0 Å². The largest absolute Gasteiger partial charge is 0.0622 e. The van der Waals surface area contributed by atoms with Crippen molar-refractivity contribution in [2.45, 2.75) is 116 Å². The standard InChI is InChI=1S/C44H60P2/c1(3-5-7-9-11-13-15-29-39-45(41-31-21-17-22-32-41)42-33-23-18-24-34-42)2-4-6-8-10-12-14-16-30-40-46(43-35-25-19-26-36-43)44-37-27-20-28-38-44/h17-28,31-38H,1-16,29-30,39-40H2. The number of hydrogen-bond acceptors (Lipinski definition) is 0. The second-order valence-corrected chi connectivity index (χ2v) is 17.7. The lowest BCUT2D eigenvalue weighted by Crippen LogP contribution is -2.13. The van der Waals surface area contributed by atoms with E-state index in [4.69, 9.17) is 0 Å². The summed E-state index contributed by atoms with van der Waals surface area (Å²) >= 11 is 0. The molecule has 4 rings (SSSR count). The van der Waals surface area contributed by atoms with Crippen LogP contribution in [0.4, 0.5) is 0 Å². The summed E-state index contributed by atoms with van der Waals surface area (Å²) in [6.45, 7) is 0. The molecule has 0 aliphatic rings. The van der Waals surface area contributed by atoms with Crippen LogP contribution in [0.2, 0.25) is 0 Å². The van der Waals surface area contributed by atoms with E-state index < -0.39 is 0 Å². The minimum absolute atomic E-state index is 0.212. The van der Waals surface area contributed by atoms with E-state index in [2.05, 4.69) is 121 Å². The molecule has 0 fully saturated rings. The van der Waals surface area contributed by atoms with Crippen molar-refractivity contribution in [3.63, 3.8) is 0 Å². The molecule has 0 nitrogen and oxygen atoms in total. The van der Waals surface area contributed by atoms with Crippen LogP contribution in [0.3, 0.4) is 0 Å². The first-order chi connectivity index (χ1) is 22.9. The van der Waals surface area contributed by atoms with E-state index in [0.29, 0.717) is 0 Å². The lowest BCUT2D eigenvalue weighted by molar-refractivity contribution is 0.527. The van der Waals surface area contributed by atoms with E-state index >= 15 is 0 Å². The lowest BCUT2D eigenvalue weighted by Gasteiger charge is -2.18. The molecular weight excluding hydrogens is 590 g/mol. The highest BCUT2D eigenvalue weighted by Crippen LogP contribution is 2.36. The van der Waals surface area contributed by atoms with Crippen LogP contribution in [0.15, 0.2) is 121 Å². The van der Waals surface area contributed by atoms with Crippen molar-refractivity contribution in [2.75, 3.05) is 12.3 Å². The predicted molar refractivity (Wildman–Crippen MR) is 211 cm³/mol. The van der Waals surface area contributed by atoms with Crippen molar-refractivity contribution < 1.29 is 0 Å². The SMILES string of the molecule is c1ccc(P(CCCCCCCCCCCCCCCCCCCCP(c2ccccc2)c2ccccc2)c2ccccc2)cc1. The molecule has 0 spiro atoms. The van der Waals surface area contributed by atoms with E-state index in [0.717, 1.165) is 0 Å². The zero-order valence-electron chi connectivity index (χ0n) is 28.6. The van der Waals surface area contributed by atoms with Crippen LogP contribution in [-0.2, 0) is 0 Å². The molecular formula is C44H60P2. The first kappa shape index (κ1) is 36.6. The Morgan fingerprint density at radius 3 is 0.587 bits per heavy atom. The molecule has 0 aliphatic carbocycles. The summed E-state index contributed by atoms with van der Waals surface area (Å²) in [4.78, 5) is 0. The van der Waals surface area contributed by atoms with E-state index in [1.165, 1.54) is 149 Å². The van der Waals surface area contributed by atoms with Crippen LogP contribution in [-0.4, -0.2) is 12.3 Å². The van der Waals surface area contributed by atoms with Crippen molar-refractivity contribution in [3.8, 4) is 0 Å². The van der Waals surface area contributed by atoms with Gasteiger partial charge in [0.15, 0.2) is 0 Å². The third kappa shape index (κ3) is 14.7. The molecule has 2 heteroatoms. The van der Waals surface area contributed by atoms with Gasteiger partial charge in [-0.25, -0.2) is 0 Å². The fourth-order valence-corrected chi connectivity index (χ4v) is 11.5. The third-order valence-electron chi connectivity index (χ3n) is 9.28. The zero-order chi connectivity index (χ0) is 31.7. The zero-order valence-corrected chi connectivity index (χ0v) is 30.4. The summed E-state index contributed by atoms with van der Waals surface area (Å²) in [6.07, 6.45) is 28.3. The van der Waals surface area contributed by atoms with E-state index in [9.17, 15) is 0 Å². The highest BCUT2D eigenvalue weighted by atomic mass is 31.1. The molecule has 0 radical (unpaired) electrons. The fraction of sp³-hybridized carbons (Fsp3) is 0.455. The van der Waals surface area contributed by atoms with Gasteiger partial charge in [-0.15, -0.1) is 0 Å². The summed E-state index contributed by atoms with van der Waals surface area (Å²) in [7, 11) is -0.423. The van der Waals surface area contributed by atoms with Gasteiger partial charge in [-0.2, -0.15) is 0 Å². The van der Waals surface area contributed by atoms with Crippen LogP contribution in [0.5, 0.6) is 0 Å². The monoisotopic (exact) mass is 650 g/mol. The molecule has 0 amide bonds. The Labute approximate surface area is 285 Å². The topological polar surface area (TPSA) is 0 Å². The minimum atomic E-state index is -0.212. The molecule has 0 unspecified atom stereocenters. The number of rotatable bonds is 25. The van der Waals surface area contributed by atoms with Gasteiger partial charge in [0.2, 0.25) is 0 Å². The van der Waals surface area contributed by atoms with Crippen molar-refractivity contribution in [1.29, 1.82) is 0 Å². The average molecular weight is 651 g/mol. The van der Waals surface area contributed by atoms with Crippen molar-refractivity contribution >= 4 is 37.1 Å². The first-order valence-corrected chi connectivity index (χ1v) is 21.7. The number of benzene rings is 4. The Bertz CT molecular complexity index is 1060. The Hall–Kier alpha value is -2.26. The second kappa shape index (κ2) is 24.0. The van der Waals surface area contributed by atoms with E-state index in [1.54, 1.807) is 0 Å². The quantitative estimate of drug-likeness (QED) is 0.0495. The van der Waals surface area contributed by atoms with Gasteiger partial charge in [-0.05, 0) is 62.2 Å². The van der Waals surface area contributed by atoms with Gasteiger partial charge in [0, 0.05) is 0 Å². The maximum Gasteiger partial charge on any atom is -0.0195 e. The van der Waals surface area contributed by atoms with Gasteiger partial charge < -0.3 is 0 Å². The van der Waals surface area contributed by atoms with Crippen LogP contribution < -0.4 is 21.2 Å². The highest BCUT2D eigenvalue weighted by molar-refractivity contribution is 7.73. The molecule has 0 aliphatic heterocycles. The normalized spacial score (nSPS) is 11.4. The van der Waals surface area contributed by atoms with Crippen LogP contribution in [0.1, 0.15) is 116 Å². The molecule has 46 heavy (non-hydrogen) atoms. The molecule has 0 atom stereocenters. The van der Waals surface area contributed by atoms with Crippen molar-refractivity contribution in [3.05, 3.63) is 121 Å². The van der Waals surface area contributed by atoms with E-state index in [-0.39, 0.29) is 15.8 Å². The van der Waals surface area contributed by atoms with Crippen LogP contribution in [0, 0.1) is 0 Å². The average Bonchev–Trinajstić information content (AvgIpc) is 3.12. The maximum absolute atomic E-state index is 2.33. The summed E-state index contributed by atoms with van der Waals surface area (Å²) in [6, 6.07) is 44.8. The molecule has 0 bridgehead atoms. The van der Waals surface area contributed by atoms with Gasteiger partial charge in [0.05, 0.1) is 0 Å². The second-order valence-electron chi connectivity index (χ2n) is 13.0. The predicted octanol–water partition coefficient (Wildman–Crippen LogP) is 12.3. The fourth-order valence-electron chi connectivity index (χ4n) is 6.61. The Morgan fingerprint density at radius 2 is 0.391 bits per heavy atom. The summed E-state index contributed by atoms with van der Waals surface area (Å²) in [5.74, 6) is 0. The van der Waals surface area contributed by atoms with Gasteiger partial charge in [-0.1, -0.05) is 224 Å². The molecule has 0 saturated heterocycles. The lowest BCUT2D eigenvalue weighted by atomic mass is 10.0. The summed E-state index contributed by atoms with van der Waals surface area (Å²) in [5.41, 5.74) is 0. The molecule has 246 valence electrons.